The van der Waals surface area contributed by atoms with Gasteiger partial charge in [-0.15, -0.1) is 0 Å². The third-order valence-electron chi connectivity index (χ3n) is 5.02. The number of fused-ring (bicyclic) bond motifs is 1. The number of aromatic amines is 1. The molecule has 4 nitrogen and oxygen atoms in total. The van der Waals surface area contributed by atoms with Crippen LogP contribution in [-0.2, 0) is 6.54 Å². The van der Waals surface area contributed by atoms with Crippen molar-refractivity contribution in [1.82, 2.24) is 4.98 Å². The fourth-order valence-electron chi connectivity index (χ4n) is 3.52. The standard InChI is InChI=1S/C25H22N2O2/c1-17-10-12-21(13-11-17)27(25(29)19-7-5-6-18(2)14-19)16-20-15-24(28)26-23-9-4-3-8-22(20)23/h3-15H,16H2,1-2H3,(H,26,28). The summed E-state index contributed by atoms with van der Waals surface area (Å²) in [6.45, 7) is 4.29. The Kier molecular flexibility index (Phi) is 5.00. The number of nitrogens with zero attached hydrogens (tertiary/aromatic N) is 1. The summed E-state index contributed by atoms with van der Waals surface area (Å²) in [4.78, 5) is 30.2. The number of carbonyl (C=O) groups excluding carboxylic acids is 1. The number of H-pyrrole nitrogens is 1. The Labute approximate surface area is 169 Å². The molecular weight excluding hydrogens is 360 g/mol. The highest BCUT2D eigenvalue weighted by molar-refractivity contribution is 6.06. The smallest absolute Gasteiger partial charge is 0.258 e. The van der Waals surface area contributed by atoms with Crippen LogP contribution in [-0.4, -0.2) is 10.9 Å². The number of hydrogen-bond donors (Lipinski definition) is 1. The van der Waals surface area contributed by atoms with Crippen LogP contribution in [0.15, 0.2) is 83.7 Å². The highest BCUT2D eigenvalue weighted by Crippen LogP contribution is 2.24. The zero-order chi connectivity index (χ0) is 20.4. The topological polar surface area (TPSA) is 53.2 Å². The van der Waals surface area contributed by atoms with Gasteiger partial charge >= 0.3 is 0 Å². The van der Waals surface area contributed by atoms with Crippen molar-refractivity contribution >= 4 is 22.5 Å². The lowest BCUT2D eigenvalue weighted by molar-refractivity contribution is 0.0985. The molecule has 29 heavy (non-hydrogen) atoms. The minimum absolute atomic E-state index is 0.0954. The van der Waals surface area contributed by atoms with E-state index >= 15 is 0 Å². The third-order valence-corrected chi connectivity index (χ3v) is 5.02. The molecule has 0 atom stereocenters. The van der Waals surface area contributed by atoms with E-state index in [2.05, 4.69) is 4.98 Å². The molecule has 4 heteroatoms. The zero-order valence-electron chi connectivity index (χ0n) is 16.5. The summed E-state index contributed by atoms with van der Waals surface area (Å²) in [7, 11) is 0. The molecule has 0 bridgehead atoms. The Balaban J connectivity index is 1.82. The first-order valence-corrected chi connectivity index (χ1v) is 9.57. The van der Waals surface area contributed by atoms with Crippen LogP contribution in [0.25, 0.3) is 10.9 Å². The molecule has 0 aliphatic rings. The summed E-state index contributed by atoms with van der Waals surface area (Å²) in [5.41, 5.74) is 4.98. The fourth-order valence-corrected chi connectivity index (χ4v) is 3.52. The van der Waals surface area contributed by atoms with Gasteiger partial charge in [-0.3, -0.25) is 9.59 Å². The molecule has 0 saturated heterocycles. The second kappa shape index (κ2) is 7.76. The predicted molar refractivity (Wildman–Crippen MR) is 117 cm³/mol. The minimum Gasteiger partial charge on any atom is -0.322 e. The van der Waals surface area contributed by atoms with E-state index in [0.29, 0.717) is 12.1 Å². The summed E-state index contributed by atoms with van der Waals surface area (Å²) in [5.74, 6) is -0.0954. The number of anilines is 1. The molecule has 0 saturated carbocycles. The molecule has 0 aliphatic carbocycles. The van der Waals surface area contributed by atoms with Crippen LogP contribution in [0.3, 0.4) is 0 Å². The van der Waals surface area contributed by atoms with Gasteiger partial charge in [0, 0.05) is 28.2 Å². The first kappa shape index (κ1) is 18.7. The second-order valence-electron chi connectivity index (χ2n) is 7.30. The number of benzene rings is 3. The van der Waals surface area contributed by atoms with Gasteiger partial charge in [-0.25, -0.2) is 0 Å². The number of aryl methyl sites for hydroxylation is 2. The molecule has 4 aromatic rings. The van der Waals surface area contributed by atoms with Crippen LogP contribution in [0.5, 0.6) is 0 Å². The highest BCUT2D eigenvalue weighted by Gasteiger charge is 2.19. The third kappa shape index (κ3) is 3.97. The second-order valence-corrected chi connectivity index (χ2v) is 7.30. The molecule has 0 radical (unpaired) electrons. The van der Waals surface area contributed by atoms with Crippen LogP contribution in [0.1, 0.15) is 27.0 Å². The first-order valence-electron chi connectivity index (χ1n) is 9.57. The van der Waals surface area contributed by atoms with Gasteiger partial charge in [-0.2, -0.15) is 0 Å². The summed E-state index contributed by atoms with van der Waals surface area (Å²) in [5, 5.41) is 0.932. The predicted octanol–water partition coefficient (Wildman–Crippen LogP) is 4.99. The van der Waals surface area contributed by atoms with E-state index in [4.69, 9.17) is 0 Å². The molecule has 0 aliphatic heterocycles. The van der Waals surface area contributed by atoms with Gasteiger partial charge in [0.1, 0.15) is 0 Å². The molecule has 1 amide bonds. The normalized spacial score (nSPS) is 10.8. The van der Waals surface area contributed by atoms with Crippen LogP contribution < -0.4 is 10.5 Å². The minimum atomic E-state index is -0.175. The van der Waals surface area contributed by atoms with Crippen molar-refractivity contribution < 1.29 is 4.79 Å². The van der Waals surface area contributed by atoms with Crippen LogP contribution in [0.2, 0.25) is 0 Å². The Bertz CT molecular complexity index is 1240. The van der Waals surface area contributed by atoms with Crippen molar-refractivity contribution in [2.75, 3.05) is 4.90 Å². The summed E-state index contributed by atoms with van der Waals surface area (Å²) in [6.07, 6.45) is 0. The largest absolute Gasteiger partial charge is 0.322 e. The molecule has 4 rings (SSSR count). The van der Waals surface area contributed by atoms with E-state index < -0.39 is 0 Å². The summed E-state index contributed by atoms with van der Waals surface area (Å²) < 4.78 is 0. The van der Waals surface area contributed by atoms with Crippen LogP contribution in [0.4, 0.5) is 5.69 Å². The average Bonchev–Trinajstić information content (AvgIpc) is 2.72. The fraction of sp³-hybridized carbons (Fsp3) is 0.120. The van der Waals surface area contributed by atoms with Crippen molar-refractivity contribution in [2.24, 2.45) is 0 Å². The van der Waals surface area contributed by atoms with Crippen molar-refractivity contribution in [3.63, 3.8) is 0 Å². The van der Waals surface area contributed by atoms with E-state index in [-0.39, 0.29) is 11.5 Å². The van der Waals surface area contributed by atoms with E-state index in [1.54, 1.807) is 11.0 Å². The van der Waals surface area contributed by atoms with Gasteiger partial charge in [0.25, 0.3) is 5.91 Å². The zero-order valence-corrected chi connectivity index (χ0v) is 16.5. The molecule has 0 spiro atoms. The number of nitrogens with one attached hydrogen (secondary N) is 1. The van der Waals surface area contributed by atoms with Crippen molar-refractivity contribution in [2.45, 2.75) is 20.4 Å². The van der Waals surface area contributed by atoms with Gasteiger partial charge in [-0.1, -0.05) is 53.6 Å². The number of para-hydroxylation sites is 1. The molecule has 1 aromatic heterocycles. The van der Waals surface area contributed by atoms with Gasteiger partial charge in [0.2, 0.25) is 5.56 Å². The maximum absolute atomic E-state index is 13.4. The number of carbonyl (C=O) groups is 1. The van der Waals surface area contributed by atoms with Gasteiger partial charge in [0.05, 0.1) is 6.54 Å². The lowest BCUT2D eigenvalue weighted by atomic mass is 10.1. The number of pyridine rings is 1. The monoisotopic (exact) mass is 382 g/mol. The Morgan fingerprint density at radius 1 is 0.862 bits per heavy atom. The van der Waals surface area contributed by atoms with Crippen molar-refractivity contribution in [3.8, 4) is 0 Å². The molecule has 0 unspecified atom stereocenters. The number of amides is 1. The van der Waals surface area contributed by atoms with Crippen molar-refractivity contribution in [1.29, 1.82) is 0 Å². The van der Waals surface area contributed by atoms with Crippen LogP contribution in [0, 0.1) is 13.8 Å². The quantitative estimate of drug-likeness (QED) is 0.540. The van der Waals surface area contributed by atoms with E-state index in [9.17, 15) is 9.59 Å². The maximum Gasteiger partial charge on any atom is 0.258 e. The average molecular weight is 382 g/mol. The highest BCUT2D eigenvalue weighted by atomic mass is 16.2. The molecule has 3 aromatic carbocycles. The number of aromatic nitrogens is 1. The lowest BCUT2D eigenvalue weighted by Crippen LogP contribution is -2.31. The number of rotatable bonds is 4. The maximum atomic E-state index is 13.4. The molecule has 1 heterocycles. The molecule has 1 N–H and O–H groups in total. The lowest BCUT2D eigenvalue weighted by Gasteiger charge is -2.24. The Morgan fingerprint density at radius 3 is 2.38 bits per heavy atom. The Hall–Kier alpha value is -3.66. The first-order chi connectivity index (χ1) is 14.0. The van der Waals surface area contributed by atoms with Crippen molar-refractivity contribution in [3.05, 3.63) is 111 Å². The Morgan fingerprint density at radius 2 is 1.62 bits per heavy atom. The van der Waals surface area contributed by atoms with Gasteiger partial charge in [0.15, 0.2) is 0 Å². The number of hydrogen-bond acceptors (Lipinski definition) is 2. The SMILES string of the molecule is Cc1ccc(N(Cc2cc(=O)[nH]c3ccccc23)C(=O)c2cccc(C)c2)cc1. The van der Waals surface area contributed by atoms with E-state index in [0.717, 1.165) is 33.3 Å². The van der Waals surface area contributed by atoms with Crippen LogP contribution >= 0.6 is 0 Å². The molecule has 0 fully saturated rings. The summed E-state index contributed by atoms with van der Waals surface area (Å²) >= 11 is 0. The molecule has 144 valence electrons. The van der Waals surface area contributed by atoms with E-state index in [1.807, 2.05) is 86.6 Å². The molecular formula is C25H22N2O2. The van der Waals surface area contributed by atoms with Gasteiger partial charge in [-0.05, 0) is 49.7 Å². The van der Waals surface area contributed by atoms with Gasteiger partial charge < -0.3 is 9.88 Å². The summed E-state index contributed by atoms with van der Waals surface area (Å²) in [6, 6.07) is 24.7. The van der Waals surface area contributed by atoms with E-state index in [1.165, 1.54) is 0 Å².